The molecule has 0 bridgehead atoms. The summed E-state index contributed by atoms with van der Waals surface area (Å²) in [6.45, 7) is 0.137. The Kier molecular flexibility index (Phi) is 9.39. The quantitative estimate of drug-likeness (QED) is 0.154. The Bertz CT molecular complexity index is 1040. The number of esters is 1. The van der Waals surface area contributed by atoms with Gasteiger partial charge in [-0.25, -0.2) is 4.79 Å². The lowest BCUT2D eigenvalue weighted by atomic mass is 9.79. The summed E-state index contributed by atoms with van der Waals surface area (Å²) in [7, 11) is 0. The summed E-state index contributed by atoms with van der Waals surface area (Å²) in [4.78, 5) is 11.9. The van der Waals surface area contributed by atoms with Crippen molar-refractivity contribution in [2.24, 2.45) is 11.8 Å². The molecule has 0 spiro atoms. The van der Waals surface area contributed by atoms with Crippen LogP contribution in [0, 0.1) is 11.8 Å². The van der Waals surface area contributed by atoms with Gasteiger partial charge in [0, 0.05) is 30.3 Å². The summed E-state index contributed by atoms with van der Waals surface area (Å²) < 4.78 is 76.6. The van der Waals surface area contributed by atoms with E-state index < -0.39 is 30.6 Å². The van der Waals surface area contributed by atoms with Crippen LogP contribution in [0.2, 0.25) is 0 Å². The van der Waals surface area contributed by atoms with Crippen LogP contribution >= 0.6 is 0 Å². The summed E-state index contributed by atoms with van der Waals surface area (Å²) in [5.41, 5.74) is 13.9. The van der Waals surface area contributed by atoms with Crippen molar-refractivity contribution in [2.75, 3.05) is 18.1 Å². The fourth-order valence-electron chi connectivity index (χ4n) is 4.41. The molecule has 0 atom stereocenters. The van der Waals surface area contributed by atoms with E-state index in [4.69, 9.17) is 20.9 Å². The molecule has 1 aliphatic carbocycles. The van der Waals surface area contributed by atoms with E-state index in [9.17, 15) is 26.7 Å². The number of ether oxygens (including phenoxy) is 2. The normalized spacial score (nSPS) is 18.6. The maximum atomic E-state index is 14.6. The van der Waals surface area contributed by atoms with E-state index in [0.29, 0.717) is 36.2 Å². The lowest BCUT2D eigenvalue weighted by Gasteiger charge is -2.33. The van der Waals surface area contributed by atoms with Crippen LogP contribution in [0.4, 0.5) is 33.3 Å². The van der Waals surface area contributed by atoms with Gasteiger partial charge in [-0.15, -0.1) is 0 Å². The minimum Gasteiger partial charge on any atom is -0.462 e. The Morgan fingerprint density at radius 3 is 2.16 bits per heavy atom. The van der Waals surface area contributed by atoms with Crippen molar-refractivity contribution >= 4 is 23.4 Å². The van der Waals surface area contributed by atoms with Gasteiger partial charge in [-0.3, -0.25) is 0 Å². The van der Waals surface area contributed by atoms with Crippen LogP contribution in [0.25, 0.3) is 6.08 Å². The SMILES string of the molecule is Nc1cc(N)cc(CCOC(=O)/C=C/c2ccc(OC(F)(F)C3CCC(CCC(F)(F)F)CC3)cc2)c1. The highest BCUT2D eigenvalue weighted by Crippen LogP contribution is 2.42. The van der Waals surface area contributed by atoms with Crippen molar-refractivity contribution in [1.29, 1.82) is 0 Å². The summed E-state index contributed by atoms with van der Waals surface area (Å²) in [5.74, 6) is -1.84. The summed E-state index contributed by atoms with van der Waals surface area (Å²) >= 11 is 0. The van der Waals surface area contributed by atoms with Gasteiger partial charge < -0.3 is 20.9 Å². The Hall–Kier alpha value is -3.30. The van der Waals surface area contributed by atoms with Gasteiger partial charge in [0.05, 0.1) is 12.5 Å². The third-order valence-electron chi connectivity index (χ3n) is 6.38. The topological polar surface area (TPSA) is 87.6 Å². The number of carbonyl (C=O) groups is 1. The van der Waals surface area contributed by atoms with Crippen LogP contribution in [0.3, 0.4) is 0 Å². The molecular formula is C27H31F5N2O3. The van der Waals surface area contributed by atoms with Crippen molar-refractivity contribution in [3.63, 3.8) is 0 Å². The predicted molar refractivity (Wildman–Crippen MR) is 132 cm³/mol. The van der Waals surface area contributed by atoms with Gasteiger partial charge in [-0.2, -0.15) is 22.0 Å². The smallest absolute Gasteiger partial charge is 0.400 e. The lowest BCUT2D eigenvalue weighted by Crippen LogP contribution is -2.37. The molecule has 0 unspecified atom stereocenters. The fourth-order valence-corrected chi connectivity index (χ4v) is 4.41. The second kappa shape index (κ2) is 12.3. The number of alkyl halides is 5. The summed E-state index contributed by atoms with van der Waals surface area (Å²) in [5, 5.41) is 0. The minimum absolute atomic E-state index is 0.0253. The number of nitrogens with two attached hydrogens (primary N) is 2. The van der Waals surface area contributed by atoms with Crippen molar-refractivity contribution in [2.45, 2.75) is 57.2 Å². The zero-order valence-electron chi connectivity index (χ0n) is 20.3. The highest BCUT2D eigenvalue weighted by atomic mass is 19.4. The first-order valence-corrected chi connectivity index (χ1v) is 12.1. The number of rotatable bonds is 10. The molecule has 1 fully saturated rings. The van der Waals surface area contributed by atoms with Gasteiger partial charge in [0.1, 0.15) is 5.75 Å². The Balaban J connectivity index is 1.43. The van der Waals surface area contributed by atoms with E-state index in [1.807, 2.05) is 0 Å². The number of anilines is 2. The van der Waals surface area contributed by atoms with Crippen molar-refractivity contribution in [3.05, 3.63) is 59.7 Å². The van der Waals surface area contributed by atoms with Crippen LogP contribution in [0.15, 0.2) is 48.5 Å². The summed E-state index contributed by atoms with van der Waals surface area (Å²) in [6, 6.07) is 10.9. The Morgan fingerprint density at radius 2 is 1.57 bits per heavy atom. The molecule has 37 heavy (non-hydrogen) atoms. The molecule has 2 aromatic rings. The molecule has 0 saturated heterocycles. The zero-order chi connectivity index (χ0) is 27.1. The van der Waals surface area contributed by atoms with Gasteiger partial charge >= 0.3 is 18.3 Å². The third kappa shape index (κ3) is 9.59. The molecule has 0 radical (unpaired) electrons. The van der Waals surface area contributed by atoms with E-state index in [1.54, 1.807) is 18.2 Å². The van der Waals surface area contributed by atoms with Gasteiger partial charge in [0.25, 0.3) is 0 Å². The van der Waals surface area contributed by atoms with Gasteiger partial charge in [0.15, 0.2) is 0 Å². The first-order chi connectivity index (χ1) is 17.4. The van der Waals surface area contributed by atoms with Crippen LogP contribution in [-0.2, 0) is 16.0 Å². The Morgan fingerprint density at radius 1 is 0.946 bits per heavy atom. The molecule has 1 saturated carbocycles. The average Bonchev–Trinajstić information content (AvgIpc) is 2.81. The Labute approximate surface area is 212 Å². The van der Waals surface area contributed by atoms with E-state index in [0.717, 1.165) is 5.56 Å². The van der Waals surface area contributed by atoms with E-state index >= 15 is 0 Å². The molecule has 0 heterocycles. The van der Waals surface area contributed by atoms with E-state index in [2.05, 4.69) is 0 Å². The largest absolute Gasteiger partial charge is 0.462 e. The maximum Gasteiger partial charge on any atom is 0.400 e. The predicted octanol–water partition coefficient (Wildman–Crippen LogP) is 6.77. The molecule has 0 amide bonds. The van der Waals surface area contributed by atoms with E-state index in [-0.39, 0.29) is 37.5 Å². The monoisotopic (exact) mass is 526 g/mol. The standard InChI is InChI=1S/C27H31F5N2O3/c28-26(29,30)13-11-19-1-6-21(7-2-19)27(31,32)37-24-8-3-18(4-9-24)5-10-25(35)36-14-12-20-15-22(33)17-23(34)16-20/h3-5,8-10,15-17,19,21H,1-2,6-7,11-14,33-34H2/b10-5+. The maximum absolute atomic E-state index is 14.6. The second-order valence-corrected chi connectivity index (χ2v) is 9.36. The van der Waals surface area contributed by atoms with Crippen molar-refractivity contribution < 1.29 is 36.2 Å². The molecule has 202 valence electrons. The highest BCUT2D eigenvalue weighted by Gasteiger charge is 2.44. The zero-order valence-corrected chi connectivity index (χ0v) is 20.3. The average molecular weight is 527 g/mol. The molecule has 4 N–H and O–H groups in total. The van der Waals surface area contributed by atoms with Crippen LogP contribution in [0.1, 0.15) is 49.7 Å². The number of hydrogen-bond donors (Lipinski definition) is 2. The molecule has 5 nitrogen and oxygen atoms in total. The fraction of sp³-hybridized carbons (Fsp3) is 0.444. The number of benzene rings is 2. The number of nitrogen functional groups attached to an aromatic ring is 2. The molecule has 3 rings (SSSR count). The van der Waals surface area contributed by atoms with E-state index in [1.165, 1.54) is 36.4 Å². The van der Waals surface area contributed by atoms with Crippen LogP contribution in [0.5, 0.6) is 5.75 Å². The second-order valence-electron chi connectivity index (χ2n) is 9.36. The van der Waals surface area contributed by atoms with Crippen molar-refractivity contribution in [1.82, 2.24) is 0 Å². The molecule has 1 aliphatic rings. The lowest BCUT2D eigenvalue weighted by molar-refractivity contribution is -0.224. The summed E-state index contributed by atoms with van der Waals surface area (Å²) in [6.07, 6.45) is -4.50. The first-order valence-electron chi connectivity index (χ1n) is 12.1. The minimum atomic E-state index is -4.22. The molecule has 2 aromatic carbocycles. The first kappa shape index (κ1) is 28.3. The molecule has 0 aromatic heterocycles. The van der Waals surface area contributed by atoms with Crippen molar-refractivity contribution in [3.8, 4) is 5.75 Å². The number of hydrogen-bond acceptors (Lipinski definition) is 5. The van der Waals surface area contributed by atoms with Gasteiger partial charge in [-0.05, 0) is 85.6 Å². The molecule has 0 aliphatic heterocycles. The van der Waals surface area contributed by atoms with Crippen LogP contribution < -0.4 is 16.2 Å². The highest BCUT2D eigenvalue weighted by molar-refractivity contribution is 5.87. The van der Waals surface area contributed by atoms with Gasteiger partial charge in [0.2, 0.25) is 0 Å². The third-order valence-corrected chi connectivity index (χ3v) is 6.38. The molecular weight excluding hydrogens is 495 g/mol. The number of halogens is 5. The molecule has 10 heteroatoms. The van der Waals surface area contributed by atoms with Gasteiger partial charge in [-0.1, -0.05) is 12.1 Å². The number of carbonyl (C=O) groups excluding carboxylic acids is 1. The van der Waals surface area contributed by atoms with Crippen LogP contribution in [-0.4, -0.2) is 24.9 Å².